The van der Waals surface area contributed by atoms with Crippen LogP contribution in [0.2, 0.25) is 0 Å². The monoisotopic (exact) mass is 392 g/mol. The molecule has 0 amide bonds. The van der Waals surface area contributed by atoms with Crippen LogP contribution in [0.3, 0.4) is 0 Å². The molecule has 0 atom stereocenters. The molecule has 1 saturated heterocycles. The number of anilines is 1. The Morgan fingerprint density at radius 1 is 1.07 bits per heavy atom. The van der Waals surface area contributed by atoms with Gasteiger partial charge in [0.1, 0.15) is 23.7 Å². The lowest BCUT2D eigenvalue weighted by Crippen LogP contribution is -2.39. The number of halogens is 3. The number of likely N-dealkylation sites (tertiary alicyclic amines) is 1. The van der Waals surface area contributed by atoms with Crippen molar-refractivity contribution in [1.29, 1.82) is 0 Å². The van der Waals surface area contributed by atoms with Crippen molar-refractivity contribution in [2.24, 2.45) is 0 Å². The van der Waals surface area contributed by atoms with Crippen LogP contribution in [0, 0.1) is 0 Å². The minimum atomic E-state index is -4.46. The molecule has 6 nitrogen and oxygen atoms in total. The highest BCUT2D eigenvalue weighted by atomic mass is 19.4. The fourth-order valence-corrected chi connectivity index (χ4v) is 3.63. The number of aromatic nitrogens is 4. The Morgan fingerprint density at radius 3 is 2.54 bits per heavy atom. The fourth-order valence-electron chi connectivity index (χ4n) is 3.63. The predicted molar refractivity (Wildman–Crippen MR) is 97.6 cm³/mol. The van der Waals surface area contributed by atoms with Crippen LogP contribution in [-0.4, -0.2) is 44.0 Å². The lowest BCUT2D eigenvalue weighted by molar-refractivity contribution is -0.141. The Labute approximate surface area is 161 Å². The molecule has 2 aromatic heterocycles. The van der Waals surface area contributed by atoms with Gasteiger partial charge in [0.2, 0.25) is 0 Å². The second kappa shape index (κ2) is 7.98. The number of piperidine rings is 1. The summed E-state index contributed by atoms with van der Waals surface area (Å²) in [6, 6.07) is 3.03. The van der Waals surface area contributed by atoms with Crippen molar-refractivity contribution in [2.45, 2.75) is 56.8 Å². The molecule has 150 valence electrons. The second-order valence-corrected chi connectivity index (χ2v) is 7.52. The molecule has 1 N–H and O–H groups in total. The van der Waals surface area contributed by atoms with Crippen LogP contribution in [0.5, 0.6) is 0 Å². The molecule has 28 heavy (non-hydrogen) atoms. The molecule has 0 aromatic carbocycles. The molecular weight excluding hydrogens is 369 g/mol. The minimum Gasteiger partial charge on any atom is -0.367 e. The lowest BCUT2D eigenvalue weighted by atomic mass is 9.85. The average molecular weight is 392 g/mol. The SMILES string of the molecule is FC(F)(F)c1cc(NC2CCN(Cc3ccnc(C4CCC4)n3)CC2)ncn1. The Hall–Kier alpha value is -2.29. The van der Waals surface area contributed by atoms with Crippen molar-refractivity contribution in [3.05, 3.63) is 41.9 Å². The van der Waals surface area contributed by atoms with Gasteiger partial charge in [-0.25, -0.2) is 19.9 Å². The van der Waals surface area contributed by atoms with Crippen molar-refractivity contribution in [3.8, 4) is 0 Å². The summed E-state index contributed by atoms with van der Waals surface area (Å²) in [4.78, 5) is 18.7. The molecule has 0 spiro atoms. The number of hydrogen-bond acceptors (Lipinski definition) is 6. The molecule has 0 radical (unpaired) electrons. The van der Waals surface area contributed by atoms with E-state index in [1.807, 2.05) is 12.3 Å². The molecule has 0 bridgehead atoms. The number of hydrogen-bond donors (Lipinski definition) is 1. The third-order valence-corrected chi connectivity index (χ3v) is 5.48. The zero-order valence-corrected chi connectivity index (χ0v) is 15.5. The van der Waals surface area contributed by atoms with E-state index in [-0.39, 0.29) is 11.9 Å². The lowest BCUT2D eigenvalue weighted by Gasteiger charge is -2.32. The van der Waals surface area contributed by atoms with Crippen LogP contribution < -0.4 is 5.32 Å². The van der Waals surface area contributed by atoms with Gasteiger partial charge in [-0.1, -0.05) is 6.42 Å². The normalized spacial score (nSPS) is 19.4. The van der Waals surface area contributed by atoms with Gasteiger partial charge in [-0.15, -0.1) is 0 Å². The van der Waals surface area contributed by atoms with Gasteiger partial charge in [0.05, 0.1) is 5.69 Å². The number of alkyl halides is 3. The van der Waals surface area contributed by atoms with Crippen molar-refractivity contribution < 1.29 is 13.2 Å². The van der Waals surface area contributed by atoms with Gasteiger partial charge in [-0.05, 0) is 31.7 Å². The molecule has 2 fully saturated rings. The zero-order chi connectivity index (χ0) is 19.6. The van der Waals surface area contributed by atoms with Crippen molar-refractivity contribution in [3.63, 3.8) is 0 Å². The molecule has 1 aliphatic carbocycles. The van der Waals surface area contributed by atoms with E-state index in [1.165, 1.54) is 19.3 Å². The van der Waals surface area contributed by atoms with Crippen molar-refractivity contribution in [2.75, 3.05) is 18.4 Å². The van der Waals surface area contributed by atoms with Gasteiger partial charge < -0.3 is 5.32 Å². The summed E-state index contributed by atoms with van der Waals surface area (Å²) >= 11 is 0. The van der Waals surface area contributed by atoms with E-state index in [1.54, 1.807) is 0 Å². The summed E-state index contributed by atoms with van der Waals surface area (Å²) < 4.78 is 38.3. The van der Waals surface area contributed by atoms with Gasteiger partial charge in [-0.2, -0.15) is 13.2 Å². The standard InChI is InChI=1S/C19H23F3N6/c20-19(21,22)16-10-17(25-12-24-16)26-14-5-8-28(9-6-14)11-15-4-7-23-18(27-15)13-2-1-3-13/h4,7,10,12-14H,1-3,5-6,8-9,11H2,(H,24,25,26). The maximum absolute atomic E-state index is 12.8. The first-order valence-electron chi connectivity index (χ1n) is 9.67. The first-order valence-corrected chi connectivity index (χ1v) is 9.67. The van der Waals surface area contributed by atoms with Crippen molar-refractivity contribution in [1.82, 2.24) is 24.8 Å². The third-order valence-electron chi connectivity index (χ3n) is 5.48. The number of nitrogens with zero attached hydrogens (tertiary/aromatic N) is 5. The molecule has 2 aromatic rings. The van der Waals surface area contributed by atoms with Crippen LogP contribution >= 0.6 is 0 Å². The Balaban J connectivity index is 1.29. The summed E-state index contributed by atoms with van der Waals surface area (Å²) in [6.07, 6.45) is 3.64. The largest absolute Gasteiger partial charge is 0.433 e. The van der Waals surface area contributed by atoms with Crippen LogP contribution in [-0.2, 0) is 12.7 Å². The highest BCUT2D eigenvalue weighted by molar-refractivity contribution is 5.36. The average Bonchev–Trinajstić information content (AvgIpc) is 2.62. The summed E-state index contributed by atoms with van der Waals surface area (Å²) in [5.74, 6) is 1.70. The summed E-state index contributed by atoms with van der Waals surface area (Å²) in [7, 11) is 0. The molecule has 1 saturated carbocycles. The Bertz CT molecular complexity index is 800. The minimum absolute atomic E-state index is 0.100. The second-order valence-electron chi connectivity index (χ2n) is 7.52. The van der Waals surface area contributed by atoms with Gasteiger partial charge in [0, 0.05) is 43.9 Å². The maximum atomic E-state index is 12.8. The van der Waals surface area contributed by atoms with E-state index < -0.39 is 11.9 Å². The van der Waals surface area contributed by atoms with Crippen LogP contribution in [0.4, 0.5) is 19.0 Å². The van der Waals surface area contributed by atoms with E-state index in [4.69, 9.17) is 4.98 Å². The van der Waals surface area contributed by atoms with Gasteiger partial charge in [0.25, 0.3) is 0 Å². The van der Waals surface area contributed by atoms with Crippen LogP contribution in [0.1, 0.15) is 55.2 Å². The topological polar surface area (TPSA) is 66.8 Å². The van der Waals surface area contributed by atoms with E-state index in [2.05, 4.69) is 25.2 Å². The number of rotatable bonds is 5. The number of nitrogens with one attached hydrogen (secondary N) is 1. The van der Waals surface area contributed by atoms with E-state index in [9.17, 15) is 13.2 Å². The predicted octanol–water partition coefficient (Wildman–Crippen LogP) is 3.63. The summed E-state index contributed by atoms with van der Waals surface area (Å²) in [5.41, 5.74) is 0.113. The van der Waals surface area contributed by atoms with Crippen LogP contribution in [0.25, 0.3) is 0 Å². The smallest absolute Gasteiger partial charge is 0.367 e. The highest BCUT2D eigenvalue weighted by Gasteiger charge is 2.33. The van der Waals surface area contributed by atoms with E-state index in [0.717, 1.165) is 56.4 Å². The molecule has 2 aliphatic rings. The van der Waals surface area contributed by atoms with Crippen molar-refractivity contribution >= 4 is 5.82 Å². The van der Waals surface area contributed by atoms with Gasteiger partial charge in [0.15, 0.2) is 0 Å². The maximum Gasteiger partial charge on any atom is 0.433 e. The Morgan fingerprint density at radius 2 is 1.86 bits per heavy atom. The van der Waals surface area contributed by atoms with E-state index in [0.29, 0.717) is 5.92 Å². The zero-order valence-electron chi connectivity index (χ0n) is 15.5. The van der Waals surface area contributed by atoms with Gasteiger partial charge >= 0.3 is 6.18 Å². The third kappa shape index (κ3) is 4.57. The summed E-state index contributed by atoms with van der Waals surface area (Å²) in [6.45, 7) is 2.50. The first kappa shape index (κ1) is 19.0. The molecule has 1 aliphatic heterocycles. The highest BCUT2D eigenvalue weighted by Crippen LogP contribution is 2.34. The molecule has 3 heterocycles. The first-order chi connectivity index (χ1) is 13.5. The quantitative estimate of drug-likeness (QED) is 0.838. The molecule has 4 rings (SSSR count). The molecule has 9 heteroatoms. The molecule has 0 unspecified atom stereocenters. The Kier molecular flexibility index (Phi) is 5.43. The fraction of sp³-hybridized carbons (Fsp3) is 0.579. The molecular formula is C19H23F3N6. The van der Waals surface area contributed by atoms with Crippen LogP contribution in [0.15, 0.2) is 24.7 Å². The summed E-state index contributed by atoms with van der Waals surface area (Å²) in [5, 5.41) is 3.11. The van der Waals surface area contributed by atoms with Gasteiger partial charge in [-0.3, -0.25) is 4.90 Å². The van der Waals surface area contributed by atoms with E-state index >= 15 is 0 Å².